The maximum absolute atomic E-state index is 11.8. The second-order valence-corrected chi connectivity index (χ2v) is 6.62. The third-order valence-electron chi connectivity index (χ3n) is 3.01. The predicted octanol–water partition coefficient (Wildman–Crippen LogP) is 0.427. The second kappa shape index (κ2) is 4.16. The normalized spacial score (nSPS) is 30.1. The van der Waals surface area contributed by atoms with Crippen LogP contribution in [0.3, 0.4) is 0 Å². The van der Waals surface area contributed by atoms with Crippen LogP contribution in [0, 0.1) is 5.92 Å². The first-order chi connectivity index (χ1) is 6.41. The highest BCUT2D eigenvalue weighted by Crippen LogP contribution is 2.27. The van der Waals surface area contributed by atoms with Crippen LogP contribution in [0.25, 0.3) is 0 Å². The van der Waals surface area contributed by atoms with E-state index in [0.717, 1.165) is 6.42 Å². The molecule has 2 unspecified atom stereocenters. The third kappa shape index (κ3) is 1.94. The summed E-state index contributed by atoms with van der Waals surface area (Å²) in [6.07, 6.45) is 0.767. The number of aliphatic hydroxyl groups excluding tert-OH is 1. The summed E-state index contributed by atoms with van der Waals surface area (Å²) in [5.41, 5.74) is 0. The lowest BCUT2D eigenvalue weighted by Crippen LogP contribution is -2.40. The molecule has 0 spiro atoms. The molecule has 0 radical (unpaired) electrons. The summed E-state index contributed by atoms with van der Waals surface area (Å²) in [6.45, 7) is 5.87. The molecule has 84 valence electrons. The van der Waals surface area contributed by atoms with E-state index in [4.69, 9.17) is 5.11 Å². The topological polar surface area (TPSA) is 57.6 Å². The molecule has 1 heterocycles. The van der Waals surface area contributed by atoms with Crippen molar-refractivity contribution in [2.45, 2.75) is 38.5 Å². The summed E-state index contributed by atoms with van der Waals surface area (Å²) >= 11 is 0. The summed E-state index contributed by atoms with van der Waals surface area (Å²) in [5, 5.41) is 8.66. The molecule has 4 nitrogen and oxygen atoms in total. The molecule has 1 N–H and O–H groups in total. The number of aliphatic hydroxyl groups is 1. The Morgan fingerprint density at radius 2 is 2.07 bits per heavy atom. The minimum absolute atomic E-state index is 0.0626. The van der Waals surface area contributed by atoms with Gasteiger partial charge >= 0.3 is 0 Å². The van der Waals surface area contributed by atoms with E-state index in [9.17, 15) is 8.42 Å². The van der Waals surface area contributed by atoms with E-state index in [-0.39, 0.29) is 23.8 Å². The number of sulfonamides is 1. The molecular weight excluding hydrogens is 202 g/mol. The van der Waals surface area contributed by atoms with E-state index in [1.165, 1.54) is 4.31 Å². The zero-order chi connectivity index (χ0) is 10.9. The average Bonchev–Trinajstić information content (AvgIpc) is 2.46. The van der Waals surface area contributed by atoms with E-state index in [1.807, 2.05) is 6.92 Å². The molecule has 1 fully saturated rings. The van der Waals surface area contributed by atoms with E-state index in [2.05, 4.69) is 0 Å². The second-order valence-electron chi connectivity index (χ2n) is 4.18. The van der Waals surface area contributed by atoms with E-state index >= 15 is 0 Å². The Bertz CT molecular complexity index is 286. The van der Waals surface area contributed by atoms with Crippen molar-refractivity contribution in [2.75, 3.05) is 13.2 Å². The Kier molecular flexibility index (Phi) is 3.55. The predicted molar refractivity (Wildman–Crippen MR) is 55.4 cm³/mol. The van der Waals surface area contributed by atoms with Crippen molar-refractivity contribution in [2.24, 2.45) is 5.92 Å². The molecule has 1 saturated heterocycles. The van der Waals surface area contributed by atoms with Gasteiger partial charge in [0, 0.05) is 19.2 Å². The fourth-order valence-corrected chi connectivity index (χ4v) is 3.38. The monoisotopic (exact) mass is 221 g/mol. The molecule has 1 aliphatic rings. The van der Waals surface area contributed by atoms with Gasteiger partial charge in [0.1, 0.15) is 0 Å². The number of nitrogens with zero attached hydrogens (tertiary/aromatic N) is 1. The number of hydrogen-bond acceptors (Lipinski definition) is 3. The summed E-state index contributed by atoms with van der Waals surface area (Å²) in [5.74, 6) is 0.100. The minimum Gasteiger partial charge on any atom is -0.396 e. The van der Waals surface area contributed by atoms with Gasteiger partial charge in [-0.2, -0.15) is 4.31 Å². The molecular formula is C9H19NO3S. The lowest BCUT2D eigenvalue weighted by atomic mass is 10.0. The molecule has 1 aliphatic heterocycles. The molecule has 14 heavy (non-hydrogen) atoms. The van der Waals surface area contributed by atoms with Crippen LogP contribution >= 0.6 is 0 Å². The van der Waals surface area contributed by atoms with Crippen LogP contribution < -0.4 is 0 Å². The van der Waals surface area contributed by atoms with Gasteiger partial charge in [0.15, 0.2) is 0 Å². The van der Waals surface area contributed by atoms with Gasteiger partial charge in [0.05, 0.1) is 5.25 Å². The van der Waals surface area contributed by atoms with Gasteiger partial charge < -0.3 is 5.11 Å². The molecule has 5 heteroatoms. The van der Waals surface area contributed by atoms with Crippen molar-refractivity contribution in [1.29, 1.82) is 0 Å². The minimum atomic E-state index is -3.15. The van der Waals surface area contributed by atoms with Crippen molar-refractivity contribution < 1.29 is 13.5 Å². The SMILES string of the molecule is CC1C(CO)CCN1S(=O)(=O)C(C)C. The standard InChI is InChI=1S/C9H19NO3S/c1-7(2)14(12,13)10-5-4-9(6-11)8(10)3/h7-9,11H,4-6H2,1-3H3. The van der Waals surface area contributed by atoms with Crippen LogP contribution in [0.15, 0.2) is 0 Å². The maximum Gasteiger partial charge on any atom is 0.216 e. The Balaban J connectivity index is 2.82. The molecule has 0 aromatic heterocycles. The quantitative estimate of drug-likeness (QED) is 0.752. The van der Waals surface area contributed by atoms with Crippen LogP contribution in [-0.4, -0.2) is 42.3 Å². The van der Waals surface area contributed by atoms with Crippen molar-refractivity contribution in [3.63, 3.8) is 0 Å². The lowest BCUT2D eigenvalue weighted by Gasteiger charge is -2.25. The van der Waals surface area contributed by atoms with Crippen molar-refractivity contribution in [3.8, 4) is 0 Å². The highest BCUT2D eigenvalue weighted by atomic mass is 32.2. The highest BCUT2D eigenvalue weighted by Gasteiger charge is 2.38. The largest absolute Gasteiger partial charge is 0.396 e. The van der Waals surface area contributed by atoms with Crippen LogP contribution in [0.4, 0.5) is 0 Å². The zero-order valence-electron chi connectivity index (χ0n) is 8.97. The Hall–Kier alpha value is -0.130. The van der Waals surface area contributed by atoms with Gasteiger partial charge in [-0.15, -0.1) is 0 Å². The van der Waals surface area contributed by atoms with E-state index < -0.39 is 10.0 Å². The number of rotatable bonds is 3. The fourth-order valence-electron chi connectivity index (χ4n) is 1.85. The van der Waals surface area contributed by atoms with Gasteiger partial charge in [-0.25, -0.2) is 8.42 Å². The molecule has 2 atom stereocenters. The van der Waals surface area contributed by atoms with Gasteiger partial charge in [0.25, 0.3) is 0 Å². The van der Waals surface area contributed by atoms with Gasteiger partial charge in [-0.3, -0.25) is 0 Å². The Labute approximate surface area is 86.0 Å². The van der Waals surface area contributed by atoms with Crippen LogP contribution in [0.2, 0.25) is 0 Å². The summed E-state index contributed by atoms with van der Waals surface area (Å²) in [7, 11) is -3.15. The summed E-state index contributed by atoms with van der Waals surface area (Å²) < 4.78 is 25.2. The van der Waals surface area contributed by atoms with Crippen LogP contribution in [0.1, 0.15) is 27.2 Å². The molecule has 0 bridgehead atoms. The van der Waals surface area contributed by atoms with Crippen LogP contribution in [0.5, 0.6) is 0 Å². The molecule has 0 amide bonds. The summed E-state index contributed by atoms with van der Waals surface area (Å²) in [4.78, 5) is 0. The van der Waals surface area contributed by atoms with Crippen molar-refractivity contribution >= 4 is 10.0 Å². The first-order valence-corrected chi connectivity index (χ1v) is 6.53. The van der Waals surface area contributed by atoms with Gasteiger partial charge in [0.2, 0.25) is 10.0 Å². The molecule has 0 aromatic carbocycles. The molecule has 0 aliphatic carbocycles. The fraction of sp³-hybridized carbons (Fsp3) is 1.00. The smallest absolute Gasteiger partial charge is 0.216 e. The third-order valence-corrected chi connectivity index (χ3v) is 5.37. The number of hydrogen-bond donors (Lipinski definition) is 1. The van der Waals surface area contributed by atoms with Crippen LogP contribution in [-0.2, 0) is 10.0 Å². The van der Waals surface area contributed by atoms with E-state index in [1.54, 1.807) is 13.8 Å². The Morgan fingerprint density at radius 1 is 1.50 bits per heavy atom. The zero-order valence-corrected chi connectivity index (χ0v) is 9.79. The van der Waals surface area contributed by atoms with E-state index in [0.29, 0.717) is 6.54 Å². The Morgan fingerprint density at radius 3 is 2.43 bits per heavy atom. The first-order valence-electron chi connectivity index (χ1n) is 5.02. The maximum atomic E-state index is 11.8. The summed E-state index contributed by atoms with van der Waals surface area (Å²) in [6, 6.07) is -0.0626. The molecule has 0 aromatic rings. The van der Waals surface area contributed by atoms with Crippen molar-refractivity contribution in [1.82, 2.24) is 4.31 Å². The lowest BCUT2D eigenvalue weighted by molar-refractivity contribution is 0.205. The van der Waals surface area contributed by atoms with Crippen molar-refractivity contribution in [3.05, 3.63) is 0 Å². The first kappa shape index (κ1) is 11.9. The molecule has 0 saturated carbocycles. The van der Waals surface area contributed by atoms with Gasteiger partial charge in [-0.05, 0) is 33.1 Å². The highest BCUT2D eigenvalue weighted by molar-refractivity contribution is 7.89. The molecule has 1 rings (SSSR count). The van der Waals surface area contributed by atoms with Gasteiger partial charge in [-0.1, -0.05) is 0 Å². The average molecular weight is 221 g/mol.